The average Bonchev–Trinajstić information content (AvgIpc) is 2.97. The lowest BCUT2D eigenvalue weighted by molar-refractivity contribution is 0.102. The molecule has 112 valence electrons. The normalized spacial score (nSPS) is 12.5. The molecule has 0 saturated carbocycles. The molecule has 0 fully saturated rings. The number of thioether (sulfide) groups is 1. The van der Waals surface area contributed by atoms with Gasteiger partial charge in [0.25, 0.3) is 0 Å². The SMILES string of the molecule is CC(SCC(=O)c1c[nH]c2ccccc12)c1ccccc1F. The monoisotopic (exact) mass is 313 g/mol. The standard InChI is InChI=1S/C18H16FNOS/c1-12(13-6-2-4-8-16(13)19)22-11-18(21)15-10-20-17-9-5-3-7-14(15)17/h2-10,12,20H,11H2,1H3. The summed E-state index contributed by atoms with van der Waals surface area (Å²) in [6.45, 7) is 1.92. The molecule has 1 aromatic heterocycles. The van der Waals surface area contributed by atoms with Crippen molar-refractivity contribution < 1.29 is 9.18 Å². The van der Waals surface area contributed by atoms with Crippen LogP contribution in [0.4, 0.5) is 4.39 Å². The highest BCUT2D eigenvalue weighted by Crippen LogP contribution is 2.31. The molecule has 3 aromatic rings. The van der Waals surface area contributed by atoms with Gasteiger partial charge in [-0.2, -0.15) is 0 Å². The third-order valence-electron chi connectivity index (χ3n) is 3.70. The number of para-hydroxylation sites is 1. The largest absolute Gasteiger partial charge is 0.360 e. The Morgan fingerprint density at radius 3 is 2.73 bits per heavy atom. The summed E-state index contributed by atoms with van der Waals surface area (Å²) in [4.78, 5) is 15.5. The van der Waals surface area contributed by atoms with Gasteiger partial charge in [0.1, 0.15) is 5.82 Å². The van der Waals surface area contributed by atoms with E-state index in [4.69, 9.17) is 0 Å². The van der Waals surface area contributed by atoms with E-state index in [1.54, 1.807) is 18.3 Å². The van der Waals surface area contributed by atoms with E-state index < -0.39 is 0 Å². The lowest BCUT2D eigenvalue weighted by Crippen LogP contribution is -2.04. The Bertz CT molecular complexity index is 811. The van der Waals surface area contributed by atoms with E-state index in [1.807, 2.05) is 37.3 Å². The first-order chi connectivity index (χ1) is 10.7. The van der Waals surface area contributed by atoms with Crippen molar-refractivity contribution in [3.05, 3.63) is 71.7 Å². The van der Waals surface area contributed by atoms with Gasteiger partial charge in [0.2, 0.25) is 0 Å². The lowest BCUT2D eigenvalue weighted by Gasteiger charge is -2.11. The Labute approximate surface area is 132 Å². The molecular weight excluding hydrogens is 297 g/mol. The molecule has 2 aromatic carbocycles. The fourth-order valence-electron chi connectivity index (χ4n) is 2.48. The summed E-state index contributed by atoms with van der Waals surface area (Å²) < 4.78 is 13.7. The topological polar surface area (TPSA) is 32.9 Å². The molecule has 0 radical (unpaired) electrons. The molecule has 0 bridgehead atoms. The van der Waals surface area contributed by atoms with Crippen molar-refractivity contribution >= 4 is 28.4 Å². The number of rotatable bonds is 5. The van der Waals surface area contributed by atoms with Crippen LogP contribution in [0.25, 0.3) is 10.9 Å². The Kier molecular flexibility index (Phi) is 4.29. The van der Waals surface area contributed by atoms with Crippen LogP contribution in [0.5, 0.6) is 0 Å². The molecule has 4 heteroatoms. The highest BCUT2D eigenvalue weighted by molar-refractivity contribution is 8.00. The van der Waals surface area contributed by atoms with Crippen molar-refractivity contribution in [2.24, 2.45) is 0 Å². The molecule has 3 rings (SSSR count). The maximum atomic E-state index is 13.7. The number of aromatic nitrogens is 1. The molecule has 0 saturated heterocycles. The van der Waals surface area contributed by atoms with Crippen LogP contribution in [0.15, 0.2) is 54.7 Å². The minimum atomic E-state index is -0.220. The second kappa shape index (κ2) is 6.36. The minimum absolute atomic E-state index is 0.0599. The van der Waals surface area contributed by atoms with Gasteiger partial charge in [-0.15, -0.1) is 11.8 Å². The number of Topliss-reactive ketones (excluding diaryl/α,β-unsaturated/α-hetero) is 1. The van der Waals surface area contributed by atoms with Gasteiger partial charge in [-0.1, -0.05) is 36.4 Å². The van der Waals surface area contributed by atoms with E-state index in [-0.39, 0.29) is 16.9 Å². The maximum absolute atomic E-state index is 13.7. The van der Waals surface area contributed by atoms with Gasteiger partial charge in [0.15, 0.2) is 5.78 Å². The highest BCUT2D eigenvalue weighted by atomic mass is 32.2. The van der Waals surface area contributed by atoms with Crippen molar-refractivity contribution in [1.82, 2.24) is 4.98 Å². The zero-order chi connectivity index (χ0) is 15.5. The smallest absolute Gasteiger partial charge is 0.174 e. The quantitative estimate of drug-likeness (QED) is 0.674. The van der Waals surface area contributed by atoms with Crippen molar-refractivity contribution in [2.75, 3.05) is 5.75 Å². The van der Waals surface area contributed by atoms with Crippen LogP contribution in [0.1, 0.15) is 28.1 Å². The summed E-state index contributed by atoms with van der Waals surface area (Å²) in [5, 5.41) is 0.877. The van der Waals surface area contributed by atoms with Gasteiger partial charge in [-0.05, 0) is 19.1 Å². The first-order valence-electron chi connectivity index (χ1n) is 7.12. The van der Waals surface area contributed by atoms with Crippen molar-refractivity contribution in [3.63, 3.8) is 0 Å². The van der Waals surface area contributed by atoms with Crippen LogP contribution in [-0.2, 0) is 0 Å². The number of carbonyl (C=O) groups excluding carboxylic acids is 1. The van der Waals surface area contributed by atoms with E-state index in [1.165, 1.54) is 17.8 Å². The third-order valence-corrected chi connectivity index (χ3v) is 4.88. The minimum Gasteiger partial charge on any atom is -0.360 e. The molecule has 0 aliphatic rings. The predicted octanol–water partition coefficient (Wildman–Crippen LogP) is 4.98. The molecule has 0 spiro atoms. The molecule has 0 aliphatic heterocycles. The fraction of sp³-hybridized carbons (Fsp3) is 0.167. The Morgan fingerprint density at radius 2 is 1.91 bits per heavy atom. The summed E-state index contributed by atoms with van der Waals surface area (Å²) in [5.41, 5.74) is 2.29. The number of aromatic amines is 1. The fourth-order valence-corrected chi connectivity index (χ4v) is 3.40. The van der Waals surface area contributed by atoms with E-state index in [9.17, 15) is 9.18 Å². The van der Waals surface area contributed by atoms with Gasteiger partial charge in [0.05, 0.1) is 5.75 Å². The van der Waals surface area contributed by atoms with Gasteiger partial charge in [-0.3, -0.25) is 4.79 Å². The number of ketones is 1. The molecular formula is C18H16FNOS. The first-order valence-corrected chi connectivity index (χ1v) is 8.17. The first kappa shape index (κ1) is 14.9. The molecule has 0 amide bonds. The number of fused-ring (bicyclic) bond motifs is 1. The number of nitrogens with one attached hydrogen (secondary N) is 1. The van der Waals surface area contributed by atoms with E-state index in [2.05, 4.69) is 4.98 Å². The second-order valence-corrected chi connectivity index (χ2v) is 6.47. The van der Waals surface area contributed by atoms with Gasteiger partial charge in [0, 0.05) is 33.5 Å². The summed E-state index contributed by atoms with van der Waals surface area (Å²) >= 11 is 1.46. The summed E-state index contributed by atoms with van der Waals surface area (Å²) in [5.74, 6) is 0.171. The lowest BCUT2D eigenvalue weighted by atomic mass is 10.1. The van der Waals surface area contributed by atoms with Crippen molar-refractivity contribution in [1.29, 1.82) is 0 Å². The van der Waals surface area contributed by atoms with Crippen LogP contribution < -0.4 is 0 Å². The van der Waals surface area contributed by atoms with Crippen LogP contribution in [0.3, 0.4) is 0 Å². The van der Waals surface area contributed by atoms with Gasteiger partial charge >= 0.3 is 0 Å². The average molecular weight is 313 g/mol. The van der Waals surface area contributed by atoms with Gasteiger partial charge < -0.3 is 4.98 Å². The molecule has 1 unspecified atom stereocenters. The van der Waals surface area contributed by atoms with E-state index in [0.29, 0.717) is 16.9 Å². The molecule has 1 heterocycles. The van der Waals surface area contributed by atoms with Crippen LogP contribution >= 0.6 is 11.8 Å². The molecule has 1 atom stereocenters. The predicted molar refractivity (Wildman–Crippen MR) is 89.9 cm³/mol. The highest BCUT2D eigenvalue weighted by Gasteiger charge is 2.16. The van der Waals surface area contributed by atoms with E-state index in [0.717, 1.165) is 10.9 Å². The second-order valence-electron chi connectivity index (χ2n) is 5.15. The van der Waals surface area contributed by atoms with Crippen molar-refractivity contribution in [2.45, 2.75) is 12.2 Å². The maximum Gasteiger partial charge on any atom is 0.174 e. The Balaban J connectivity index is 1.71. The number of halogens is 1. The Hall–Kier alpha value is -2.07. The summed E-state index contributed by atoms with van der Waals surface area (Å²) in [6, 6.07) is 14.4. The van der Waals surface area contributed by atoms with Gasteiger partial charge in [-0.25, -0.2) is 4.39 Å². The number of hydrogen-bond acceptors (Lipinski definition) is 2. The molecule has 22 heavy (non-hydrogen) atoms. The van der Waals surface area contributed by atoms with E-state index >= 15 is 0 Å². The number of benzene rings is 2. The summed E-state index contributed by atoms with van der Waals surface area (Å²) in [7, 11) is 0. The zero-order valence-corrected chi connectivity index (χ0v) is 13.0. The Morgan fingerprint density at radius 1 is 1.18 bits per heavy atom. The summed E-state index contributed by atoms with van der Waals surface area (Å²) in [6.07, 6.45) is 1.75. The number of hydrogen-bond donors (Lipinski definition) is 1. The third kappa shape index (κ3) is 2.92. The van der Waals surface area contributed by atoms with Crippen LogP contribution in [0, 0.1) is 5.82 Å². The number of H-pyrrole nitrogens is 1. The van der Waals surface area contributed by atoms with Crippen LogP contribution in [-0.4, -0.2) is 16.5 Å². The zero-order valence-electron chi connectivity index (χ0n) is 12.2. The number of carbonyl (C=O) groups is 1. The molecule has 0 aliphatic carbocycles. The molecule has 1 N–H and O–H groups in total. The van der Waals surface area contributed by atoms with Crippen LogP contribution in [0.2, 0.25) is 0 Å². The van der Waals surface area contributed by atoms with Crippen molar-refractivity contribution in [3.8, 4) is 0 Å². The molecule has 2 nitrogen and oxygen atoms in total.